The minimum absolute atomic E-state index is 0.155. The van der Waals surface area contributed by atoms with Crippen LogP contribution in [0.1, 0.15) is 18.2 Å². The molecule has 0 saturated carbocycles. The SMILES string of the molecule is CC(NCc1ccccc1F)C(=O)NCc1ccco1. The van der Waals surface area contributed by atoms with E-state index in [-0.39, 0.29) is 11.7 Å². The second-order valence-electron chi connectivity index (χ2n) is 4.49. The molecule has 0 radical (unpaired) electrons. The van der Waals surface area contributed by atoms with E-state index >= 15 is 0 Å². The summed E-state index contributed by atoms with van der Waals surface area (Å²) in [5.41, 5.74) is 0.540. The number of nitrogens with one attached hydrogen (secondary N) is 2. The van der Waals surface area contributed by atoms with Gasteiger partial charge in [0.25, 0.3) is 0 Å². The molecular formula is C15H17FN2O2. The molecule has 2 N–H and O–H groups in total. The van der Waals surface area contributed by atoms with Crippen LogP contribution in [0.3, 0.4) is 0 Å². The molecule has 1 aromatic carbocycles. The molecule has 0 aliphatic heterocycles. The van der Waals surface area contributed by atoms with Gasteiger partial charge in [-0.3, -0.25) is 4.79 Å². The Bertz CT molecular complexity index is 555. The molecule has 0 fully saturated rings. The third-order valence-electron chi connectivity index (χ3n) is 2.97. The van der Waals surface area contributed by atoms with Gasteiger partial charge in [0.2, 0.25) is 5.91 Å². The molecule has 5 heteroatoms. The van der Waals surface area contributed by atoms with Gasteiger partial charge < -0.3 is 15.1 Å². The van der Waals surface area contributed by atoms with Crippen LogP contribution in [-0.2, 0) is 17.9 Å². The summed E-state index contributed by atoms with van der Waals surface area (Å²) < 4.78 is 18.5. The van der Waals surface area contributed by atoms with E-state index in [4.69, 9.17) is 4.42 Å². The number of furan rings is 1. The maximum Gasteiger partial charge on any atom is 0.237 e. The van der Waals surface area contributed by atoms with Crippen molar-refractivity contribution in [1.29, 1.82) is 0 Å². The minimum atomic E-state index is -0.412. The molecule has 0 spiro atoms. The van der Waals surface area contributed by atoms with Gasteiger partial charge in [-0.15, -0.1) is 0 Å². The topological polar surface area (TPSA) is 54.3 Å². The third kappa shape index (κ3) is 3.93. The minimum Gasteiger partial charge on any atom is -0.467 e. The van der Waals surface area contributed by atoms with Crippen molar-refractivity contribution in [2.24, 2.45) is 0 Å². The first-order valence-corrected chi connectivity index (χ1v) is 6.43. The van der Waals surface area contributed by atoms with Crippen LogP contribution < -0.4 is 10.6 Å². The molecule has 4 nitrogen and oxygen atoms in total. The van der Waals surface area contributed by atoms with Gasteiger partial charge in [-0.1, -0.05) is 18.2 Å². The van der Waals surface area contributed by atoms with Crippen LogP contribution in [0.15, 0.2) is 47.1 Å². The molecule has 2 aromatic rings. The van der Waals surface area contributed by atoms with Crippen LogP contribution in [-0.4, -0.2) is 11.9 Å². The normalized spacial score (nSPS) is 12.1. The lowest BCUT2D eigenvalue weighted by atomic mass is 10.2. The van der Waals surface area contributed by atoms with E-state index < -0.39 is 6.04 Å². The molecule has 106 valence electrons. The Morgan fingerprint density at radius 1 is 1.25 bits per heavy atom. The first-order chi connectivity index (χ1) is 9.66. The van der Waals surface area contributed by atoms with Gasteiger partial charge in [0.1, 0.15) is 11.6 Å². The lowest BCUT2D eigenvalue weighted by molar-refractivity contribution is -0.123. The molecule has 1 unspecified atom stereocenters. The number of rotatable bonds is 6. The zero-order valence-electron chi connectivity index (χ0n) is 11.2. The summed E-state index contributed by atoms with van der Waals surface area (Å²) in [7, 11) is 0. The predicted molar refractivity (Wildman–Crippen MR) is 73.3 cm³/mol. The molecule has 20 heavy (non-hydrogen) atoms. The molecule has 0 aliphatic rings. The van der Waals surface area contributed by atoms with E-state index in [2.05, 4.69) is 10.6 Å². The standard InChI is InChI=1S/C15H17FN2O2/c1-11(15(19)18-10-13-6-4-8-20-13)17-9-12-5-2-3-7-14(12)16/h2-8,11,17H,9-10H2,1H3,(H,18,19). The van der Waals surface area contributed by atoms with Gasteiger partial charge >= 0.3 is 0 Å². The second-order valence-corrected chi connectivity index (χ2v) is 4.49. The molecule has 0 aliphatic carbocycles. The lowest BCUT2D eigenvalue weighted by Gasteiger charge is -2.13. The number of carbonyl (C=O) groups is 1. The van der Waals surface area contributed by atoms with Crippen LogP contribution >= 0.6 is 0 Å². The zero-order valence-corrected chi connectivity index (χ0v) is 11.2. The smallest absolute Gasteiger partial charge is 0.237 e. The van der Waals surface area contributed by atoms with Gasteiger partial charge in [-0.05, 0) is 25.1 Å². The van der Waals surface area contributed by atoms with Crippen molar-refractivity contribution in [2.75, 3.05) is 0 Å². The molecule has 2 rings (SSSR count). The molecule has 1 aromatic heterocycles. The second kappa shape index (κ2) is 6.86. The highest BCUT2D eigenvalue weighted by Gasteiger charge is 2.12. The number of benzene rings is 1. The largest absolute Gasteiger partial charge is 0.467 e. The maximum absolute atomic E-state index is 13.4. The molecule has 1 atom stereocenters. The van der Waals surface area contributed by atoms with Gasteiger partial charge in [-0.25, -0.2) is 4.39 Å². The summed E-state index contributed by atoms with van der Waals surface area (Å²) in [4.78, 5) is 11.8. The Morgan fingerprint density at radius 2 is 2.05 bits per heavy atom. The van der Waals surface area contributed by atoms with Crippen molar-refractivity contribution in [3.63, 3.8) is 0 Å². The summed E-state index contributed by atoms with van der Waals surface area (Å²) >= 11 is 0. The van der Waals surface area contributed by atoms with E-state index in [1.54, 1.807) is 43.5 Å². The molecule has 1 heterocycles. The van der Waals surface area contributed by atoms with E-state index in [0.717, 1.165) is 0 Å². The summed E-state index contributed by atoms with van der Waals surface area (Å²) in [6.45, 7) is 2.39. The van der Waals surface area contributed by atoms with Gasteiger partial charge in [0.05, 0.1) is 18.8 Å². The number of halogens is 1. The summed E-state index contributed by atoms with van der Waals surface area (Å²) in [6, 6.07) is 9.64. The first kappa shape index (κ1) is 14.3. The average Bonchev–Trinajstić information content (AvgIpc) is 2.97. The predicted octanol–water partition coefficient (Wildman–Crippen LogP) is 2.21. The fourth-order valence-corrected chi connectivity index (χ4v) is 1.74. The summed E-state index contributed by atoms with van der Waals surface area (Å²) in [5, 5.41) is 5.73. The Balaban J connectivity index is 1.78. The van der Waals surface area contributed by atoms with Crippen molar-refractivity contribution in [1.82, 2.24) is 10.6 Å². The molecule has 1 amide bonds. The third-order valence-corrected chi connectivity index (χ3v) is 2.97. The average molecular weight is 276 g/mol. The van der Waals surface area contributed by atoms with E-state index in [1.807, 2.05) is 0 Å². The van der Waals surface area contributed by atoms with Crippen molar-refractivity contribution >= 4 is 5.91 Å². The van der Waals surface area contributed by atoms with Crippen molar-refractivity contribution < 1.29 is 13.6 Å². The lowest BCUT2D eigenvalue weighted by Crippen LogP contribution is -2.41. The number of hydrogen-bond acceptors (Lipinski definition) is 3. The fraction of sp³-hybridized carbons (Fsp3) is 0.267. The zero-order chi connectivity index (χ0) is 14.4. The highest BCUT2D eigenvalue weighted by molar-refractivity contribution is 5.81. The van der Waals surface area contributed by atoms with E-state index in [9.17, 15) is 9.18 Å². The number of amides is 1. The van der Waals surface area contributed by atoms with Crippen molar-refractivity contribution in [2.45, 2.75) is 26.1 Å². The quantitative estimate of drug-likeness (QED) is 0.850. The van der Waals surface area contributed by atoms with Gasteiger partial charge in [0.15, 0.2) is 0 Å². The van der Waals surface area contributed by atoms with Crippen LogP contribution in [0.4, 0.5) is 4.39 Å². The Hall–Kier alpha value is -2.14. The highest BCUT2D eigenvalue weighted by atomic mass is 19.1. The highest BCUT2D eigenvalue weighted by Crippen LogP contribution is 2.06. The molecule has 0 bridgehead atoms. The van der Waals surface area contributed by atoms with Gasteiger partial charge in [0, 0.05) is 12.1 Å². The monoisotopic (exact) mass is 276 g/mol. The maximum atomic E-state index is 13.4. The van der Waals surface area contributed by atoms with Crippen LogP contribution in [0.25, 0.3) is 0 Å². The van der Waals surface area contributed by atoms with Crippen molar-refractivity contribution in [3.8, 4) is 0 Å². The van der Waals surface area contributed by atoms with E-state index in [1.165, 1.54) is 6.07 Å². The van der Waals surface area contributed by atoms with Crippen LogP contribution in [0.5, 0.6) is 0 Å². The Labute approximate surface area is 117 Å². The first-order valence-electron chi connectivity index (χ1n) is 6.43. The number of carbonyl (C=O) groups excluding carboxylic acids is 1. The van der Waals surface area contributed by atoms with Crippen molar-refractivity contribution in [3.05, 3.63) is 59.8 Å². The molecular weight excluding hydrogens is 259 g/mol. The summed E-state index contributed by atoms with van der Waals surface area (Å²) in [6.07, 6.45) is 1.56. The van der Waals surface area contributed by atoms with Crippen LogP contribution in [0.2, 0.25) is 0 Å². The fourth-order valence-electron chi connectivity index (χ4n) is 1.74. The van der Waals surface area contributed by atoms with Gasteiger partial charge in [-0.2, -0.15) is 0 Å². The number of hydrogen-bond donors (Lipinski definition) is 2. The summed E-state index contributed by atoms with van der Waals surface area (Å²) in [5.74, 6) is 0.264. The van der Waals surface area contributed by atoms with E-state index in [0.29, 0.717) is 24.4 Å². The van der Waals surface area contributed by atoms with Crippen LogP contribution in [0, 0.1) is 5.82 Å². The Morgan fingerprint density at radius 3 is 2.75 bits per heavy atom. The Kier molecular flexibility index (Phi) is 4.90. The molecule has 0 saturated heterocycles.